The van der Waals surface area contributed by atoms with Crippen molar-refractivity contribution in [3.63, 3.8) is 0 Å². The molecule has 0 spiro atoms. The van der Waals surface area contributed by atoms with E-state index in [1.54, 1.807) is 0 Å². The highest BCUT2D eigenvalue weighted by atomic mass is 15.2. The summed E-state index contributed by atoms with van der Waals surface area (Å²) in [4.78, 5) is 11.9. The minimum absolute atomic E-state index is 0.349. The van der Waals surface area contributed by atoms with Gasteiger partial charge in [0.1, 0.15) is 17.5 Å². The second-order valence-electron chi connectivity index (χ2n) is 6.60. The zero-order chi connectivity index (χ0) is 15.4. The van der Waals surface area contributed by atoms with E-state index >= 15 is 0 Å². The fraction of sp³-hybridized carbons (Fsp3) is 0.765. The van der Waals surface area contributed by atoms with E-state index in [2.05, 4.69) is 49.9 Å². The van der Waals surface area contributed by atoms with E-state index in [-0.39, 0.29) is 0 Å². The standard InChI is InChI=1S/C17H30N4/c1-6-18-16-13(4)17(20-15(19-16)12(2)3)21(5)11-14-9-7-8-10-14/h12,14H,6-11H2,1-5H3,(H,18,19,20). The van der Waals surface area contributed by atoms with Crippen LogP contribution in [0.5, 0.6) is 0 Å². The van der Waals surface area contributed by atoms with Crippen LogP contribution in [0.3, 0.4) is 0 Å². The van der Waals surface area contributed by atoms with E-state index in [1.807, 2.05) is 0 Å². The largest absolute Gasteiger partial charge is 0.370 e. The van der Waals surface area contributed by atoms with E-state index in [1.165, 1.54) is 31.2 Å². The van der Waals surface area contributed by atoms with Crippen LogP contribution in [0.2, 0.25) is 0 Å². The fourth-order valence-electron chi connectivity index (χ4n) is 3.16. The van der Waals surface area contributed by atoms with Crippen molar-refractivity contribution in [1.29, 1.82) is 0 Å². The third-order valence-electron chi connectivity index (χ3n) is 4.37. The van der Waals surface area contributed by atoms with Gasteiger partial charge in [-0.15, -0.1) is 0 Å². The lowest BCUT2D eigenvalue weighted by Crippen LogP contribution is -2.27. The Labute approximate surface area is 129 Å². The molecule has 21 heavy (non-hydrogen) atoms. The van der Waals surface area contributed by atoms with Gasteiger partial charge in [0.05, 0.1) is 0 Å². The molecule has 1 aliphatic rings. The average Bonchev–Trinajstić information content (AvgIpc) is 2.93. The minimum atomic E-state index is 0.349. The Hall–Kier alpha value is -1.32. The van der Waals surface area contributed by atoms with Gasteiger partial charge in [0.25, 0.3) is 0 Å². The Balaban J connectivity index is 2.26. The number of hydrogen-bond donors (Lipinski definition) is 1. The number of anilines is 2. The highest BCUT2D eigenvalue weighted by Crippen LogP contribution is 2.29. The SMILES string of the molecule is CCNc1nc(C(C)C)nc(N(C)CC2CCCC2)c1C. The molecule has 4 heteroatoms. The van der Waals surface area contributed by atoms with Gasteiger partial charge >= 0.3 is 0 Å². The number of nitrogens with one attached hydrogen (secondary N) is 1. The lowest BCUT2D eigenvalue weighted by Gasteiger charge is -2.25. The Bertz CT molecular complexity index is 464. The Kier molecular flexibility index (Phi) is 5.43. The molecule has 4 nitrogen and oxygen atoms in total. The van der Waals surface area contributed by atoms with Crippen LogP contribution in [0.4, 0.5) is 11.6 Å². The molecule has 1 N–H and O–H groups in total. The van der Waals surface area contributed by atoms with E-state index < -0.39 is 0 Å². The van der Waals surface area contributed by atoms with Crippen LogP contribution in [-0.4, -0.2) is 30.1 Å². The molecule has 0 amide bonds. The van der Waals surface area contributed by atoms with Crippen molar-refractivity contribution in [2.45, 2.75) is 59.3 Å². The van der Waals surface area contributed by atoms with E-state index in [0.717, 1.165) is 36.5 Å². The molecule has 1 heterocycles. The van der Waals surface area contributed by atoms with Gasteiger partial charge in [0, 0.05) is 31.6 Å². The molecular weight excluding hydrogens is 260 g/mol. The van der Waals surface area contributed by atoms with E-state index in [0.29, 0.717) is 5.92 Å². The maximum Gasteiger partial charge on any atom is 0.137 e. The van der Waals surface area contributed by atoms with Crippen molar-refractivity contribution in [3.8, 4) is 0 Å². The monoisotopic (exact) mass is 290 g/mol. The molecule has 1 aliphatic carbocycles. The van der Waals surface area contributed by atoms with Crippen molar-refractivity contribution >= 4 is 11.6 Å². The molecule has 0 bridgehead atoms. The van der Waals surface area contributed by atoms with E-state index in [9.17, 15) is 0 Å². The van der Waals surface area contributed by atoms with Crippen LogP contribution in [0, 0.1) is 12.8 Å². The minimum Gasteiger partial charge on any atom is -0.370 e. The molecule has 0 aromatic carbocycles. The molecule has 0 aliphatic heterocycles. The first-order valence-corrected chi connectivity index (χ1v) is 8.36. The first-order chi connectivity index (χ1) is 10.0. The van der Waals surface area contributed by atoms with Crippen LogP contribution in [0.15, 0.2) is 0 Å². The number of nitrogens with zero attached hydrogens (tertiary/aromatic N) is 3. The van der Waals surface area contributed by atoms with Crippen LogP contribution in [-0.2, 0) is 0 Å². The molecule has 1 fully saturated rings. The molecule has 118 valence electrons. The second kappa shape index (κ2) is 7.10. The fourth-order valence-corrected chi connectivity index (χ4v) is 3.16. The summed E-state index contributed by atoms with van der Waals surface area (Å²) in [5.74, 6) is 4.20. The third kappa shape index (κ3) is 3.86. The summed E-state index contributed by atoms with van der Waals surface area (Å²) >= 11 is 0. The van der Waals surface area contributed by atoms with E-state index in [4.69, 9.17) is 4.98 Å². The first-order valence-electron chi connectivity index (χ1n) is 8.36. The zero-order valence-corrected chi connectivity index (χ0v) is 14.2. The summed E-state index contributed by atoms with van der Waals surface area (Å²) in [6, 6.07) is 0. The first kappa shape index (κ1) is 16.1. The summed E-state index contributed by atoms with van der Waals surface area (Å²) in [6.07, 6.45) is 5.51. The molecule has 1 saturated carbocycles. The van der Waals surface area contributed by atoms with Gasteiger partial charge in [-0.25, -0.2) is 9.97 Å². The molecule has 0 saturated heterocycles. The van der Waals surface area contributed by atoms with Crippen LogP contribution < -0.4 is 10.2 Å². The summed E-state index contributed by atoms with van der Waals surface area (Å²) in [5.41, 5.74) is 1.17. The molecule has 1 aromatic heterocycles. The van der Waals surface area contributed by atoms with Gasteiger partial charge in [-0.05, 0) is 32.6 Å². The third-order valence-corrected chi connectivity index (χ3v) is 4.37. The summed E-state index contributed by atoms with van der Waals surface area (Å²) in [5, 5.41) is 3.38. The molecule has 1 aromatic rings. The topological polar surface area (TPSA) is 41.1 Å². The maximum absolute atomic E-state index is 4.83. The van der Waals surface area contributed by atoms with Crippen LogP contribution >= 0.6 is 0 Å². The average molecular weight is 290 g/mol. The van der Waals surface area contributed by atoms with Crippen molar-refractivity contribution in [3.05, 3.63) is 11.4 Å². The Morgan fingerprint density at radius 1 is 1.24 bits per heavy atom. The summed E-state index contributed by atoms with van der Waals surface area (Å²) in [7, 11) is 2.17. The number of aromatic nitrogens is 2. The molecular formula is C17H30N4. The molecule has 2 rings (SSSR count). The predicted octanol–water partition coefficient (Wildman–Crippen LogP) is 3.97. The van der Waals surface area contributed by atoms with Gasteiger partial charge in [-0.1, -0.05) is 26.7 Å². The number of hydrogen-bond acceptors (Lipinski definition) is 4. The molecule has 0 radical (unpaired) electrons. The maximum atomic E-state index is 4.83. The van der Waals surface area contributed by atoms with Crippen molar-refractivity contribution in [2.24, 2.45) is 5.92 Å². The molecule has 0 atom stereocenters. The quantitative estimate of drug-likeness (QED) is 0.861. The van der Waals surface area contributed by atoms with Gasteiger partial charge < -0.3 is 10.2 Å². The smallest absolute Gasteiger partial charge is 0.137 e. The van der Waals surface area contributed by atoms with Gasteiger partial charge in [0.2, 0.25) is 0 Å². The van der Waals surface area contributed by atoms with Gasteiger partial charge in [-0.3, -0.25) is 0 Å². The highest BCUT2D eigenvalue weighted by Gasteiger charge is 2.20. The van der Waals surface area contributed by atoms with Crippen molar-refractivity contribution in [1.82, 2.24) is 9.97 Å². The van der Waals surface area contributed by atoms with Crippen LogP contribution in [0.25, 0.3) is 0 Å². The molecule has 0 unspecified atom stereocenters. The summed E-state index contributed by atoms with van der Waals surface area (Å²) < 4.78 is 0. The normalized spacial score (nSPS) is 15.7. The Morgan fingerprint density at radius 2 is 1.90 bits per heavy atom. The summed E-state index contributed by atoms with van der Waals surface area (Å²) in [6.45, 7) is 10.5. The van der Waals surface area contributed by atoms with Gasteiger partial charge in [0.15, 0.2) is 0 Å². The van der Waals surface area contributed by atoms with Crippen molar-refractivity contribution < 1.29 is 0 Å². The second-order valence-corrected chi connectivity index (χ2v) is 6.60. The lowest BCUT2D eigenvalue weighted by atomic mass is 10.1. The zero-order valence-electron chi connectivity index (χ0n) is 14.2. The predicted molar refractivity (Wildman–Crippen MR) is 90.2 cm³/mol. The lowest BCUT2D eigenvalue weighted by molar-refractivity contribution is 0.543. The van der Waals surface area contributed by atoms with Crippen molar-refractivity contribution in [2.75, 3.05) is 30.4 Å². The highest BCUT2D eigenvalue weighted by molar-refractivity contribution is 5.58. The Morgan fingerprint density at radius 3 is 2.48 bits per heavy atom. The van der Waals surface area contributed by atoms with Gasteiger partial charge in [-0.2, -0.15) is 0 Å². The number of rotatable bonds is 6. The van der Waals surface area contributed by atoms with Crippen LogP contribution in [0.1, 0.15) is 63.8 Å².